The molecule has 2 N–H and O–H groups in total. The quantitative estimate of drug-likeness (QED) is 0.720. The van der Waals surface area contributed by atoms with E-state index in [4.69, 9.17) is 21.1 Å². The first-order valence-electron chi connectivity index (χ1n) is 9.56. The summed E-state index contributed by atoms with van der Waals surface area (Å²) < 4.78 is 10.5. The van der Waals surface area contributed by atoms with Crippen LogP contribution in [0, 0.1) is 11.8 Å². The molecule has 0 aliphatic heterocycles. The third-order valence-electron chi connectivity index (χ3n) is 5.40. The van der Waals surface area contributed by atoms with E-state index in [-0.39, 0.29) is 29.7 Å². The lowest BCUT2D eigenvalue weighted by molar-refractivity contribution is -0.125. The van der Waals surface area contributed by atoms with Gasteiger partial charge in [0.25, 0.3) is 0 Å². The van der Waals surface area contributed by atoms with Gasteiger partial charge in [-0.25, -0.2) is 0 Å². The molecule has 2 fully saturated rings. The number of methoxy groups -OCH3 is 2. The SMILES string of the molecule is COc1cc(NC(=O)C2CC2C(=O)NC2CCCCCC2)c(OC)cc1Cl. The molecule has 0 heterocycles. The first kappa shape index (κ1) is 19.8. The minimum atomic E-state index is -0.304. The smallest absolute Gasteiger partial charge is 0.228 e. The number of carbonyl (C=O) groups excluding carboxylic acids is 2. The van der Waals surface area contributed by atoms with Gasteiger partial charge in [0.05, 0.1) is 36.8 Å². The number of halogens is 1. The van der Waals surface area contributed by atoms with Crippen LogP contribution in [0.25, 0.3) is 0 Å². The van der Waals surface area contributed by atoms with Gasteiger partial charge in [-0.05, 0) is 19.3 Å². The van der Waals surface area contributed by atoms with E-state index in [1.807, 2.05) is 0 Å². The van der Waals surface area contributed by atoms with Crippen molar-refractivity contribution >= 4 is 29.1 Å². The first-order chi connectivity index (χ1) is 13.0. The van der Waals surface area contributed by atoms with Crippen LogP contribution >= 0.6 is 11.6 Å². The highest BCUT2D eigenvalue weighted by molar-refractivity contribution is 6.32. The van der Waals surface area contributed by atoms with Crippen molar-refractivity contribution in [3.8, 4) is 11.5 Å². The Morgan fingerprint density at radius 2 is 1.59 bits per heavy atom. The zero-order valence-electron chi connectivity index (χ0n) is 15.8. The fourth-order valence-electron chi connectivity index (χ4n) is 3.69. The number of anilines is 1. The molecule has 7 heteroatoms. The number of hydrogen-bond acceptors (Lipinski definition) is 4. The highest BCUT2D eigenvalue weighted by atomic mass is 35.5. The molecule has 0 spiro atoms. The number of amides is 2. The van der Waals surface area contributed by atoms with Crippen LogP contribution in [0.15, 0.2) is 12.1 Å². The summed E-state index contributed by atoms with van der Waals surface area (Å²) in [5.41, 5.74) is 0.485. The Labute approximate surface area is 164 Å². The molecule has 2 unspecified atom stereocenters. The van der Waals surface area contributed by atoms with Gasteiger partial charge in [-0.1, -0.05) is 37.3 Å². The lowest BCUT2D eigenvalue weighted by Gasteiger charge is -2.16. The molecule has 2 atom stereocenters. The van der Waals surface area contributed by atoms with Crippen molar-refractivity contribution in [2.75, 3.05) is 19.5 Å². The first-order valence-corrected chi connectivity index (χ1v) is 9.94. The van der Waals surface area contributed by atoms with Crippen LogP contribution in [-0.2, 0) is 9.59 Å². The standard InChI is InChI=1S/C20H27ClN2O4/c1-26-17-11-16(18(27-2)10-15(17)21)23-20(25)14-9-13(14)19(24)22-12-7-5-3-4-6-8-12/h10-14H,3-9H2,1-2H3,(H,22,24)(H,23,25). The van der Waals surface area contributed by atoms with Crippen LogP contribution in [0.5, 0.6) is 11.5 Å². The van der Waals surface area contributed by atoms with Gasteiger partial charge in [-0.2, -0.15) is 0 Å². The van der Waals surface area contributed by atoms with Gasteiger partial charge in [0, 0.05) is 18.2 Å². The molecule has 1 aromatic carbocycles. The van der Waals surface area contributed by atoms with Crippen LogP contribution in [0.4, 0.5) is 5.69 Å². The summed E-state index contributed by atoms with van der Waals surface area (Å²) in [4.78, 5) is 25.0. The number of benzene rings is 1. The molecule has 148 valence electrons. The van der Waals surface area contributed by atoms with E-state index in [1.54, 1.807) is 12.1 Å². The van der Waals surface area contributed by atoms with Crippen molar-refractivity contribution < 1.29 is 19.1 Å². The van der Waals surface area contributed by atoms with E-state index in [2.05, 4.69) is 10.6 Å². The Hall–Kier alpha value is -1.95. The molecule has 0 radical (unpaired) electrons. The van der Waals surface area contributed by atoms with E-state index >= 15 is 0 Å². The number of rotatable bonds is 6. The molecule has 2 saturated carbocycles. The average Bonchev–Trinajstić information content (AvgIpc) is 3.47. The normalized spacial score (nSPS) is 22.5. The van der Waals surface area contributed by atoms with Gasteiger partial charge in [0.1, 0.15) is 11.5 Å². The van der Waals surface area contributed by atoms with Gasteiger partial charge in [-0.15, -0.1) is 0 Å². The largest absolute Gasteiger partial charge is 0.495 e. The number of carbonyl (C=O) groups is 2. The lowest BCUT2D eigenvalue weighted by Crippen LogP contribution is -2.36. The monoisotopic (exact) mass is 394 g/mol. The Morgan fingerprint density at radius 1 is 0.963 bits per heavy atom. The minimum Gasteiger partial charge on any atom is -0.495 e. The van der Waals surface area contributed by atoms with Crippen molar-refractivity contribution in [1.29, 1.82) is 0 Å². The third-order valence-corrected chi connectivity index (χ3v) is 5.69. The molecule has 27 heavy (non-hydrogen) atoms. The summed E-state index contributed by atoms with van der Waals surface area (Å²) >= 11 is 6.09. The van der Waals surface area contributed by atoms with E-state index in [0.29, 0.717) is 28.6 Å². The summed E-state index contributed by atoms with van der Waals surface area (Å²) in [5, 5.41) is 6.38. The van der Waals surface area contributed by atoms with Crippen LogP contribution in [0.3, 0.4) is 0 Å². The molecular formula is C20H27ClN2O4. The van der Waals surface area contributed by atoms with Crippen molar-refractivity contribution in [1.82, 2.24) is 5.32 Å². The Kier molecular flexibility index (Phi) is 6.47. The van der Waals surface area contributed by atoms with Gasteiger partial charge < -0.3 is 20.1 Å². The van der Waals surface area contributed by atoms with E-state index < -0.39 is 0 Å². The maximum atomic E-state index is 12.6. The molecular weight excluding hydrogens is 368 g/mol. The number of ether oxygens (including phenoxy) is 2. The molecule has 0 aromatic heterocycles. The Bertz CT molecular complexity index is 701. The van der Waals surface area contributed by atoms with Crippen molar-refractivity contribution in [3.63, 3.8) is 0 Å². The highest BCUT2D eigenvalue weighted by Gasteiger charge is 2.48. The van der Waals surface area contributed by atoms with E-state index in [1.165, 1.54) is 27.1 Å². The zero-order chi connectivity index (χ0) is 19.4. The molecule has 2 aliphatic carbocycles. The molecule has 3 rings (SSSR count). The van der Waals surface area contributed by atoms with Crippen LogP contribution in [0.1, 0.15) is 44.9 Å². The third kappa shape index (κ3) is 4.86. The minimum absolute atomic E-state index is 0.00250. The maximum Gasteiger partial charge on any atom is 0.228 e. The highest BCUT2D eigenvalue weighted by Crippen LogP contribution is 2.42. The summed E-state index contributed by atoms with van der Waals surface area (Å²) in [6.45, 7) is 0. The van der Waals surface area contributed by atoms with Crippen LogP contribution in [-0.4, -0.2) is 32.1 Å². The molecule has 2 aliphatic rings. The zero-order valence-corrected chi connectivity index (χ0v) is 16.6. The summed E-state index contributed by atoms with van der Waals surface area (Å²) in [7, 11) is 3.02. The van der Waals surface area contributed by atoms with Crippen molar-refractivity contribution in [2.45, 2.75) is 51.0 Å². The van der Waals surface area contributed by atoms with Gasteiger partial charge in [0.2, 0.25) is 11.8 Å². The lowest BCUT2D eigenvalue weighted by atomic mass is 10.1. The predicted octanol–water partition coefficient (Wildman–Crippen LogP) is 3.77. The Balaban J connectivity index is 1.57. The number of nitrogens with one attached hydrogen (secondary N) is 2. The van der Waals surface area contributed by atoms with Gasteiger partial charge in [-0.3, -0.25) is 9.59 Å². The van der Waals surface area contributed by atoms with Crippen LogP contribution < -0.4 is 20.1 Å². The molecule has 6 nitrogen and oxygen atoms in total. The van der Waals surface area contributed by atoms with Gasteiger partial charge in [0.15, 0.2) is 0 Å². The topological polar surface area (TPSA) is 76.7 Å². The van der Waals surface area contributed by atoms with E-state index in [9.17, 15) is 9.59 Å². The second kappa shape index (κ2) is 8.83. The van der Waals surface area contributed by atoms with Crippen LogP contribution in [0.2, 0.25) is 5.02 Å². The molecule has 0 bridgehead atoms. The second-order valence-electron chi connectivity index (χ2n) is 7.32. The molecule has 0 saturated heterocycles. The maximum absolute atomic E-state index is 12.6. The summed E-state index contributed by atoms with van der Waals surface area (Å²) in [6.07, 6.45) is 7.47. The summed E-state index contributed by atoms with van der Waals surface area (Å²) in [5.74, 6) is 0.178. The molecule has 2 amide bonds. The average molecular weight is 395 g/mol. The predicted molar refractivity (Wildman–Crippen MR) is 104 cm³/mol. The van der Waals surface area contributed by atoms with Crippen molar-refractivity contribution in [2.24, 2.45) is 11.8 Å². The molecule has 1 aromatic rings. The Morgan fingerprint density at radius 3 is 2.22 bits per heavy atom. The number of hydrogen-bond donors (Lipinski definition) is 2. The van der Waals surface area contributed by atoms with Gasteiger partial charge >= 0.3 is 0 Å². The van der Waals surface area contributed by atoms with E-state index in [0.717, 1.165) is 25.7 Å². The second-order valence-corrected chi connectivity index (χ2v) is 7.73. The van der Waals surface area contributed by atoms with Crippen molar-refractivity contribution in [3.05, 3.63) is 17.2 Å². The summed E-state index contributed by atoms with van der Waals surface area (Å²) in [6, 6.07) is 3.48. The fourth-order valence-corrected chi connectivity index (χ4v) is 3.92. The fraction of sp³-hybridized carbons (Fsp3) is 0.600.